The van der Waals surface area contributed by atoms with E-state index in [-0.39, 0.29) is 30.8 Å². The molecule has 3 fully saturated rings. The lowest BCUT2D eigenvalue weighted by molar-refractivity contribution is 0.0489. The Bertz CT molecular complexity index is 841. The molecule has 3 atom stereocenters. The van der Waals surface area contributed by atoms with Gasteiger partial charge in [0.1, 0.15) is 12.2 Å². The van der Waals surface area contributed by atoms with Crippen molar-refractivity contribution in [3.63, 3.8) is 0 Å². The zero-order chi connectivity index (χ0) is 25.3. The van der Waals surface area contributed by atoms with Crippen LogP contribution in [0.1, 0.15) is 59.3 Å². The second-order valence-corrected chi connectivity index (χ2v) is 14.4. The molecule has 0 unspecified atom stereocenters. The van der Waals surface area contributed by atoms with Crippen molar-refractivity contribution in [2.45, 2.75) is 92.9 Å². The number of alkyl carbamates (subject to hydrolysis) is 2. The lowest BCUT2D eigenvalue weighted by Gasteiger charge is -2.42. The number of halogens is 3. The number of carbonyl (C=O) groups excluding carboxylic acids is 2. The van der Waals surface area contributed by atoms with Crippen LogP contribution in [0, 0.1) is 0 Å². The minimum Gasteiger partial charge on any atom is -0.445 e. The molecule has 34 heavy (non-hydrogen) atoms. The van der Waals surface area contributed by atoms with Gasteiger partial charge in [0.05, 0.1) is 0 Å². The normalized spacial score (nSPS) is 27.3. The molecule has 0 aromatic carbocycles. The molecule has 2 amide bonds. The first-order valence-corrected chi connectivity index (χ1v) is 14.0. The minimum absolute atomic E-state index is 0.133. The summed E-state index contributed by atoms with van der Waals surface area (Å²) >= 11 is 16.8. The molecule has 0 aliphatic carbocycles. The van der Waals surface area contributed by atoms with Crippen LogP contribution < -0.4 is 10.6 Å². The van der Waals surface area contributed by atoms with Gasteiger partial charge in [0.15, 0.2) is 0 Å². The van der Waals surface area contributed by atoms with Crippen molar-refractivity contribution >= 4 is 57.2 Å². The Morgan fingerprint density at radius 2 is 1.44 bits per heavy atom. The average molecular weight is 564 g/mol. The van der Waals surface area contributed by atoms with Gasteiger partial charge in [-0.25, -0.2) is 9.59 Å². The van der Waals surface area contributed by atoms with Crippen LogP contribution in [0.15, 0.2) is 0 Å². The first-order chi connectivity index (χ1) is 15.6. The summed E-state index contributed by atoms with van der Waals surface area (Å²) in [5, 5.41) is 5.59. The number of ether oxygens (including phenoxy) is 2. The molecule has 0 spiro atoms. The lowest BCUT2D eigenvalue weighted by Crippen LogP contribution is -2.58. The van der Waals surface area contributed by atoms with Crippen molar-refractivity contribution in [3.05, 3.63) is 0 Å². The van der Waals surface area contributed by atoms with Gasteiger partial charge in [-0.05, 0) is 59.3 Å². The number of piperidine rings is 2. The third-order valence-corrected chi connectivity index (χ3v) is 8.60. The summed E-state index contributed by atoms with van der Waals surface area (Å²) in [5.74, 6) is 0. The molecule has 3 heterocycles. The molecule has 196 valence electrons. The predicted octanol–water partition coefficient (Wildman–Crippen LogP) is 3.31. The van der Waals surface area contributed by atoms with Crippen LogP contribution in [-0.4, -0.2) is 82.5 Å². The van der Waals surface area contributed by atoms with Gasteiger partial charge >= 0.3 is 12.2 Å². The van der Waals surface area contributed by atoms with E-state index in [1.54, 1.807) is 25.1 Å². The largest absolute Gasteiger partial charge is 0.445 e. The van der Waals surface area contributed by atoms with Crippen LogP contribution in [0.2, 0.25) is 0 Å². The van der Waals surface area contributed by atoms with Gasteiger partial charge in [0.25, 0.3) is 10.2 Å². The van der Waals surface area contributed by atoms with Crippen molar-refractivity contribution in [2.75, 3.05) is 19.7 Å². The maximum absolute atomic E-state index is 13.4. The average Bonchev–Trinajstić information content (AvgIpc) is 2.97. The van der Waals surface area contributed by atoms with E-state index in [4.69, 9.17) is 44.3 Å². The summed E-state index contributed by atoms with van der Waals surface area (Å²) in [6.45, 7) is 5.65. The maximum atomic E-state index is 13.4. The summed E-state index contributed by atoms with van der Waals surface area (Å²) in [4.78, 5) is 24.0. The van der Waals surface area contributed by atoms with E-state index in [9.17, 15) is 18.0 Å². The van der Waals surface area contributed by atoms with E-state index in [1.165, 1.54) is 4.31 Å². The third kappa shape index (κ3) is 7.64. The molecule has 14 heteroatoms. The summed E-state index contributed by atoms with van der Waals surface area (Å²) in [6.07, 6.45) is 2.32. The van der Waals surface area contributed by atoms with Gasteiger partial charge in [-0.1, -0.05) is 34.8 Å². The van der Waals surface area contributed by atoms with E-state index in [0.717, 1.165) is 12.8 Å². The molecule has 2 N–H and O–H groups in total. The third-order valence-electron chi connectivity index (χ3n) is 6.12. The van der Waals surface area contributed by atoms with Crippen LogP contribution in [0.3, 0.4) is 0 Å². The number of alkyl halides is 3. The van der Waals surface area contributed by atoms with Gasteiger partial charge in [-0.2, -0.15) is 17.0 Å². The Hall–Kier alpha value is -0.720. The fourth-order valence-corrected chi connectivity index (χ4v) is 7.06. The van der Waals surface area contributed by atoms with Crippen LogP contribution >= 0.6 is 34.8 Å². The highest BCUT2D eigenvalue weighted by Crippen LogP contribution is 2.39. The van der Waals surface area contributed by atoms with Gasteiger partial charge < -0.3 is 20.1 Å². The van der Waals surface area contributed by atoms with E-state index in [2.05, 4.69) is 10.6 Å². The van der Waals surface area contributed by atoms with Crippen molar-refractivity contribution in [1.29, 1.82) is 0 Å². The SMILES string of the molecule is CC(C)(C)OC(=O)NC1CCN(S(=O)(=O)N2[C@@H]3CC[C@H]2C[C@@H](NC(=O)OCC(Cl)(Cl)Cl)C3)CC1. The lowest BCUT2D eigenvalue weighted by atomic mass is 10.00. The van der Waals surface area contributed by atoms with Gasteiger partial charge in [-0.3, -0.25) is 0 Å². The van der Waals surface area contributed by atoms with Crippen LogP contribution in [-0.2, 0) is 19.7 Å². The Balaban J connectivity index is 1.51. The quantitative estimate of drug-likeness (QED) is 0.496. The molecule has 0 aromatic rings. The maximum Gasteiger partial charge on any atom is 0.407 e. The van der Waals surface area contributed by atoms with Crippen LogP contribution in [0.4, 0.5) is 9.59 Å². The summed E-state index contributed by atoms with van der Waals surface area (Å²) in [6, 6.07) is -0.734. The number of carbonyl (C=O) groups is 2. The van der Waals surface area contributed by atoms with Gasteiger partial charge in [0, 0.05) is 37.3 Å². The molecule has 3 aliphatic heterocycles. The van der Waals surface area contributed by atoms with E-state index < -0.39 is 31.8 Å². The van der Waals surface area contributed by atoms with Crippen molar-refractivity contribution < 1.29 is 27.5 Å². The fraction of sp³-hybridized carbons (Fsp3) is 0.900. The first kappa shape index (κ1) is 27.9. The Morgan fingerprint density at radius 1 is 0.912 bits per heavy atom. The molecule has 3 aliphatic rings. The highest BCUT2D eigenvalue weighted by atomic mass is 35.6. The van der Waals surface area contributed by atoms with E-state index in [1.807, 2.05) is 0 Å². The number of amides is 2. The molecule has 0 saturated carbocycles. The zero-order valence-electron chi connectivity index (χ0n) is 19.6. The highest BCUT2D eigenvalue weighted by molar-refractivity contribution is 7.86. The van der Waals surface area contributed by atoms with Crippen molar-refractivity contribution in [3.8, 4) is 0 Å². The summed E-state index contributed by atoms with van der Waals surface area (Å²) in [5.41, 5.74) is -0.589. The Kier molecular flexibility index (Phi) is 8.78. The van der Waals surface area contributed by atoms with Crippen molar-refractivity contribution in [2.24, 2.45) is 0 Å². The molecule has 0 aromatic heterocycles. The second kappa shape index (κ2) is 10.7. The van der Waals surface area contributed by atoms with Crippen LogP contribution in [0.5, 0.6) is 0 Å². The molecule has 0 radical (unpaired) electrons. The zero-order valence-corrected chi connectivity index (χ0v) is 22.6. The monoisotopic (exact) mass is 562 g/mol. The van der Waals surface area contributed by atoms with Gasteiger partial charge in [-0.15, -0.1) is 0 Å². The molecule has 3 rings (SSSR count). The van der Waals surface area contributed by atoms with E-state index in [0.29, 0.717) is 38.8 Å². The Labute approximate surface area is 216 Å². The molecular formula is C20H33Cl3N4O6S. The minimum atomic E-state index is -3.66. The van der Waals surface area contributed by atoms with Crippen molar-refractivity contribution in [1.82, 2.24) is 19.2 Å². The standard InChI is InChI=1S/C20H33Cl3N4O6S/c1-19(2,3)33-18(29)24-13-6-8-26(9-7-13)34(30,31)27-15-4-5-16(27)11-14(10-15)25-17(28)32-12-20(21,22)23/h13-16H,4-12H2,1-3H3,(H,24,29)(H,25,28)/t14-,15+,16-. The summed E-state index contributed by atoms with van der Waals surface area (Å²) < 4.78 is 38.5. The Morgan fingerprint density at radius 3 is 1.94 bits per heavy atom. The van der Waals surface area contributed by atoms with E-state index >= 15 is 0 Å². The number of fused-ring (bicyclic) bond motifs is 2. The number of nitrogens with zero attached hydrogens (tertiary/aromatic N) is 2. The molecule has 2 bridgehead atoms. The fourth-order valence-electron chi connectivity index (χ4n) is 4.82. The molecule has 10 nitrogen and oxygen atoms in total. The van der Waals surface area contributed by atoms with Crippen LogP contribution in [0.25, 0.3) is 0 Å². The smallest absolute Gasteiger partial charge is 0.407 e. The number of rotatable bonds is 5. The molecular weight excluding hydrogens is 531 g/mol. The molecule has 3 saturated heterocycles. The summed E-state index contributed by atoms with van der Waals surface area (Å²) in [7, 11) is -3.66. The highest BCUT2D eigenvalue weighted by Gasteiger charge is 2.49. The number of hydrogen-bond acceptors (Lipinski definition) is 6. The topological polar surface area (TPSA) is 117 Å². The number of nitrogens with one attached hydrogen (secondary N) is 2. The first-order valence-electron chi connectivity index (χ1n) is 11.4. The predicted molar refractivity (Wildman–Crippen MR) is 129 cm³/mol. The second-order valence-electron chi connectivity index (χ2n) is 10.0. The van der Waals surface area contributed by atoms with Gasteiger partial charge in [0.2, 0.25) is 3.79 Å². The number of hydrogen-bond donors (Lipinski definition) is 2.